The van der Waals surface area contributed by atoms with E-state index in [1.165, 1.54) is 87.0 Å². The summed E-state index contributed by atoms with van der Waals surface area (Å²) in [5.41, 5.74) is 5.46. The minimum Gasteiger partial charge on any atom is -0.372 e. The fraction of sp³-hybridized carbons (Fsp3) is 0.586. The van der Waals surface area contributed by atoms with E-state index in [0.717, 1.165) is 17.6 Å². The highest BCUT2D eigenvalue weighted by atomic mass is 15.3. The van der Waals surface area contributed by atoms with Gasteiger partial charge in [-0.05, 0) is 73.2 Å². The number of nitrogens with zero attached hydrogens (tertiary/aromatic N) is 2. The molecule has 0 aromatic heterocycles. The lowest BCUT2D eigenvalue weighted by atomic mass is 10.0. The first-order valence-corrected chi connectivity index (χ1v) is 12.9. The fourth-order valence-corrected chi connectivity index (χ4v) is 4.33. The Labute approximate surface area is 192 Å². The molecular weight excluding hydrogens is 376 g/mol. The van der Waals surface area contributed by atoms with Crippen LogP contribution in [0.1, 0.15) is 79.1 Å². The number of hydrogen-bond acceptors (Lipinski definition) is 1. The van der Waals surface area contributed by atoms with Crippen LogP contribution in [-0.4, -0.2) is 33.2 Å². The van der Waals surface area contributed by atoms with Crippen molar-refractivity contribution in [1.82, 2.24) is 4.48 Å². The molecule has 2 aromatic carbocycles. The van der Waals surface area contributed by atoms with E-state index in [4.69, 9.17) is 0 Å². The van der Waals surface area contributed by atoms with Crippen molar-refractivity contribution in [3.8, 4) is 11.1 Å². The van der Waals surface area contributed by atoms with E-state index in [9.17, 15) is 0 Å². The minimum absolute atomic E-state index is 1.06. The van der Waals surface area contributed by atoms with Gasteiger partial charge in [0.25, 0.3) is 0 Å². The van der Waals surface area contributed by atoms with E-state index in [1.54, 1.807) is 0 Å². The highest BCUT2D eigenvalue weighted by Crippen LogP contribution is 2.29. The van der Waals surface area contributed by atoms with Gasteiger partial charge in [0, 0.05) is 18.8 Å². The van der Waals surface area contributed by atoms with E-state index in [2.05, 4.69) is 88.2 Å². The van der Waals surface area contributed by atoms with E-state index >= 15 is 0 Å². The molecule has 2 aromatic rings. The summed E-state index contributed by atoms with van der Waals surface area (Å²) in [6, 6.07) is 18.6. The van der Waals surface area contributed by atoms with Crippen molar-refractivity contribution >= 4 is 11.4 Å². The van der Waals surface area contributed by atoms with Crippen molar-refractivity contribution in [1.29, 1.82) is 0 Å². The van der Waals surface area contributed by atoms with Gasteiger partial charge < -0.3 is 4.90 Å². The molecule has 0 heterocycles. The lowest BCUT2D eigenvalue weighted by Gasteiger charge is -2.34. The lowest BCUT2D eigenvalue weighted by molar-refractivity contribution is 0.317. The van der Waals surface area contributed by atoms with E-state index < -0.39 is 0 Å². The molecule has 0 bridgehead atoms. The Morgan fingerprint density at radius 3 is 1.42 bits per heavy atom. The molecule has 2 heteroatoms. The minimum atomic E-state index is 1.06. The summed E-state index contributed by atoms with van der Waals surface area (Å²) in [5, 5.41) is 0. The Balaban J connectivity index is 2.15. The Hall–Kier alpha value is -1.80. The molecule has 0 radical (unpaired) electrons. The number of benzene rings is 2. The number of quaternary nitrogens is 1. The zero-order valence-corrected chi connectivity index (χ0v) is 21.0. The summed E-state index contributed by atoms with van der Waals surface area (Å²) in [6.07, 6.45) is 10.1. The Kier molecular flexibility index (Phi) is 11.2. The van der Waals surface area contributed by atoms with Crippen molar-refractivity contribution in [3.63, 3.8) is 0 Å². The van der Waals surface area contributed by atoms with Crippen LogP contribution in [0.3, 0.4) is 0 Å². The molecule has 0 atom stereocenters. The summed E-state index contributed by atoms with van der Waals surface area (Å²) in [4.78, 5) is 2.56. The van der Waals surface area contributed by atoms with Crippen molar-refractivity contribution in [3.05, 3.63) is 48.5 Å². The molecule has 0 spiro atoms. The van der Waals surface area contributed by atoms with Gasteiger partial charge in [-0.25, -0.2) is 0 Å². The maximum absolute atomic E-state index is 2.56. The predicted molar refractivity (Wildman–Crippen MR) is 141 cm³/mol. The molecule has 0 unspecified atom stereocenters. The maximum atomic E-state index is 2.56. The molecule has 0 fully saturated rings. The quantitative estimate of drug-likeness (QED) is 0.260. The molecular formula is C29H47N2+. The van der Waals surface area contributed by atoms with E-state index in [-0.39, 0.29) is 0 Å². The van der Waals surface area contributed by atoms with Crippen molar-refractivity contribution in [2.75, 3.05) is 38.1 Å². The second kappa shape index (κ2) is 13.6. The molecule has 2 nitrogen and oxygen atoms in total. The third-order valence-electron chi connectivity index (χ3n) is 6.63. The van der Waals surface area contributed by atoms with Crippen LogP contribution >= 0.6 is 0 Å². The molecule has 2 rings (SSSR count). The van der Waals surface area contributed by atoms with E-state index in [1.807, 2.05) is 0 Å². The predicted octanol–water partition coefficient (Wildman–Crippen LogP) is 8.30. The van der Waals surface area contributed by atoms with Crippen LogP contribution in [0.5, 0.6) is 0 Å². The number of rotatable bonds is 15. The number of unbranched alkanes of at least 4 members (excludes halogenated alkanes) is 4. The maximum Gasteiger partial charge on any atom is 0.132 e. The standard InChI is InChI=1S/C29H47N2/c1-6-10-22-30(23-11-7-2)28-18-14-26(15-19-28)27-16-20-29(21-17-27)31(5,24-12-8-3)25-13-9-4/h14-21H,6-13,22-25H2,1-5H3/q+1. The Bertz CT molecular complexity index is 701. The molecule has 0 aliphatic rings. The zero-order valence-electron chi connectivity index (χ0n) is 21.0. The SMILES string of the molecule is CCCCN(CCCC)c1ccc(-c2ccc([N+](C)(CCCC)CCCC)cc2)cc1. The topological polar surface area (TPSA) is 3.24 Å². The van der Waals surface area contributed by atoms with Gasteiger partial charge in [-0.15, -0.1) is 0 Å². The third-order valence-corrected chi connectivity index (χ3v) is 6.63. The van der Waals surface area contributed by atoms with Crippen molar-refractivity contribution < 1.29 is 0 Å². The second-order valence-electron chi connectivity index (χ2n) is 9.34. The summed E-state index contributed by atoms with van der Waals surface area (Å²) in [5.74, 6) is 0. The molecule has 0 amide bonds. The monoisotopic (exact) mass is 423 g/mol. The zero-order chi connectivity index (χ0) is 22.5. The van der Waals surface area contributed by atoms with Crippen LogP contribution in [-0.2, 0) is 0 Å². The molecule has 0 aliphatic carbocycles. The summed E-state index contributed by atoms with van der Waals surface area (Å²) in [6.45, 7) is 13.9. The van der Waals surface area contributed by atoms with Crippen LogP contribution in [0.25, 0.3) is 11.1 Å². The first-order chi connectivity index (χ1) is 15.1. The summed E-state index contributed by atoms with van der Waals surface area (Å²) >= 11 is 0. The number of anilines is 1. The van der Waals surface area contributed by atoms with Crippen LogP contribution in [0.2, 0.25) is 0 Å². The smallest absolute Gasteiger partial charge is 0.132 e. The van der Waals surface area contributed by atoms with Crippen molar-refractivity contribution in [2.45, 2.75) is 79.1 Å². The molecule has 172 valence electrons. The first-order valence-electron chi connectivity index (χ1n) is 12.9. The van der Waals surface area contributed by atoms with Gasteiger partial charge >= 0.3 is 0 Å². The van der Waals surface area contributed by atoms with E-state index in [0.29, 0.717) is 0 Å². The lowest BCUT2D eigenvalue weighted by Crippen LogP contribution is -2.46. The highest BCUT2D eigenvalue weighted by molar-refractivity contribution is 5.68. The Morgan fingerprint density at radius 1 is 0.581 bits per heavy atom. The fourth-order valence-electron chi connectivity index (χ4n) is 4.33. The normalized spacial score (nSPS) is 11.6. The van der Waals surface area contributed by atoms with Gasteiger partial charge in [-0.1, -0.05) is 65.5 Å². The van der Waals surface area contributed by atoms with Gasteiger partial charge in [-0.2, -0.15) is 0 Å². The van der Waals surface area contributed by atoms with Crippen molar-refractivity contribution in [2.24, 2.45) is 0 Å². The molecule has 31 heavy (non-hydrogen) atoms. The average molecular weight is 424 g/mol. The second-order valence-corrected chi connectivity index (χ2v) is 9.34. The summed E-state index contributed by atoms with van der Waals surface area (Å²) < 4.78 is 1.06. The molecule has 0 N–H and O–H groups in total. The van der Waals surface area contributed by atoms with Crippen LogP contribution in [0.15, 0.2) is 48.5 Å². The van der Waals surface area contributed by atoms with Gasteiger partial charge in [0.05, 0.1) is 20.1 Å². The average Bonchev–Trinajstić information content (AvgIpc) is 2.82. The van der Waals surface area contributed by atoms with Crippen LogP contribution in [0, 0.1) is 0 Å². The van der Waals surface area contributed by atoms with Crippen LogP contribution in [0.4, 0.5) is 11.4 Å². The molecule has 0 aliphatic heterocycles. The summed E-state index contributed by atoms with van der Waals surface area (Å²) in [7, 11) is 2.41. The first kappa shape index (κ1) is 25.5. The van der Waals surface area contributed by atoms with Gasteiger partial charge in [-0.3, -0.25) is 4.48 Å². The largest absolute Gasteiger partial charge is 0.372 e. The Morgan fingerprint density at radius 2 is 1.00 bits per heavy atom. The van der Waals surface area contributed by atoms with Crippen LogP contribution < -0.4 is 9.38 Å². The van der Waals surface area contributed by atoms with Gasteiger partial charge in [0.15, 0.2) is 0 Å². The number of hydrogen-bond donors (Lipinski definition) is 0. The van der Waals surface area contributed by atoms with Gasteiger partial charge in [0.1, 0.15) is 5.69 Å². The molecule has 0 saturated carbocycles. The highest BCUT2D eigenvalue weighted by Gasteiger charge is 2.23. The molecule has 0 saturated heterocycles. The third kappa shape index (κ3) is 7.68. The van der Waals surface area contributed by atoms with Gasteiger partial charge in [0.2, 0.25) is 0 Å².